The lowest BCUT2D eigenvalue weighted by Gasteiger charge is -2.12. The topological polar surface area (TPSA) is 46.9 Å². The van der Waals surface area contributed by atoms with Crippen LogP contribution in [0.4, 0.5) is 0 Å². The molecule has 0 aromatic carbocycles. The lowest BCUT2D eigenvalue weighted by Crippen LogP contribution is -2.31. The van der Waals surface area contributed by atoms with Gasteiger partial charge in [0, 0.05) is 42.2 Å². The second-order valence-electron chi connectivity index (χ2n) is 5.99. The number of nitrogens with zero attached hydrogens (tertiary/aromatic N) is 2. The number of hydrogen-bond acceptors (Lipinski definition) is 3. The maximum atomic E-state index is 12.2. The van der Waals surface area contributed by atoms with Gasteiger partial charge in [0.05, 0.1) is 0 Å². The van der Waals surface area contributed by atoms with Crippen molar-refractivity contribution < 1.29 is 4.79 Å². The summed E-state index contributed by atoms with van der Waals surface area (Å²) in [5, 5.41) is 9.40. The molecule has 4 nitrogen and oxygen atoms in total. The molecule has 2 aromatic heterocycles. The van der Waals surface area contributed by atoms with E-state index in [0.29, 0.717) is 18.4 Å². The quantitative estimate of drug-likeness (QED) is 0.892. The van der Waals surface area contributed by atoms with Crippen molar-refractivity contribution in [1.29, 1.82) is 0 Å². The van der Waals surface area contributed by atoms with Crippen LogP contribution in [-0.4, -0.2) is 22.2 Å². The molecule has 112 valence electrons. The van der Waals surface area contributed by atoms with Gasteiger partial charge >= 0.3 is 0 Å². The van der Waals surface area contributed by atoms with Crippen LogP contribution in [0.1, 0.15) is 29.7 Å². The fraction of sp³-hybridized carbons (Fsp3) is 0.500. The molecule has 1 N–H and O–H groups in total. The summed E-state index contributed by atoms with van der Waals surface area (Å²) >= 11 is 1.78. The summed E-state index contributed by atoms with van der Waals surface area (Å²) in [5.74, 6) is 1.22. The molecule has 0 aliphatic heterocycles. The third-order valence-corrected chi connectivity index (χ3v) is 5.20. The van der Waals surface area contributed by atoms with Crippen LogP contribution in [0.25, 0.3) is 0 Å². The van der Waals surface area contributed by atoms with Gasteiger partial charge in [-0.2, -0.15) is 5.10 Å². The van der Waals surface area contributed by atoms with E-state index in [1.165, 1.54) is 10.4 Å². The second kappa shape index (κ2) is 6.02. The maximum absolute atomic E-state index is 12.2. The zero-order chi connectivity index (χ0) is 14.8. The molecule has 0 radical (unpaired) electrons. The Bertz CT molecular complexity index is 605. The number of carbonyl (C=O) groups is 1. The first-order valence-electron chi connectivity index (χ1n) is 7.44. The van der Waals surface area contributed by atoms with Gasteiger partial charge < -0.3 is 5.32 Å². The molecule has 1 saturated carbocycles. The summed E-state index contributed by atoms with van der Waals surface area (Å²) in [4.78, 5) is 13.6. The Morgan fingerprint density at radius 2 is 2.48 bits per heavy atom. The van der Waals surface area contributed by atoms with Crippen LogP contribution in [0.3, 0.4) is 0 Å². The van der Waals surface area contributed by atoms with E-state index in [0.717, 1.165) is 13.0 Å². The number of rotatable bonds is 6. The Morgan fingerprint density at radius 3 is 3.14 bits per heavy atom. The average Bonchev–Trinajstić information content (AvgIpc) is 2.86. The van der Waals surface area contributed by atoms with Crippen LogP contribution < -0.4 is 5.32 Å². The van der Waals surface area contributed by atoms with Crippen LogP contribution in [0.15, 0.2) is 29.9 Å². The molecule has 1 amide bonds. The summed E-state index contributed by atoms with van der Waals surface area (Å²) in [6, 6.07) is 4.06. The smallest absolute Gasteiger partial charge is 0.223 e. The van der Waals surface area contributed by atoms with Gasteiger partial charge in [-0.25, -0.2) is 0 Å². The average molecular weight is 303 g/mol. The monoisotopic (exact) mass is 303 g/mol. The summed E-state index contributed by atoms with van der Waals surface area (Å²) < 4.78 is 1.91. The van der Waals surface area contributed by atoms with E-state index in [-0.39, 0.29) is 11.8 Å². The van der Waals surface area contributed by atoms with Gasteiger partial charge in [-0.1, -0.05) is 6.92 Å². The molecule has 0 saturated heterocycles. The molecule has 3 atom stereocenters. The van der Waals surface area contributed by atoms with Crippen LogP contribution in [0, 0.1) is 18.8 Å². The van der Waals surface area contributed by atoms with Gasteiger partial charge in [0.2, 0.25) is 5.91 Å². The second-order valence-corrected chi connectivity index (χ2v) is 6.94. The Kier molecular flexibility index (Phi) is 4.10. The van der Waals surface area contributed by atoms with Gasteiger partial charge in [-0.05, 0) is 42.3 Å². The lowest BCUT2D eigenvalue weighted by molar-refractivity contribution is -0.122. The number of hydrogen-bond donors (Lipinski definition) is 1. The van der Waals surface area contributed by atoms with Crippen molar-refractivity contribution in [3.63, 3.8) is 0 Å². The zero-order valence-corrected chi connectivity index (χ0v) is 13.3. The number of aryl methyl sites for hydroxylation is 1. The highest BCUT2D eigenvalue weighted by molar-refractivity contribution is 7.10. The predicted octanol–water partition coefficient (Wildman–Crippen LogP) is 2.81. The van der Waals surface area contributed by atoms with Gasteiger partial charge in [-0.3, -0.25) is 9.48 Å². The fourth-order valence-electron chi connectivity index (χ4n) is 2.74. The highest BCUT2D eigenvalue weighted by Gasteiger charge is 2.45. The number of amides is 1. The fourth-order valence-corrected chi connectivity index (χ4v) is 3.85. The minimum atomic E-state index is 0.180. The van der Waals surface area contributed by atoms with E-state index in [4.69, 9.17) is 0 Å². The van der Waals surface area contributed by atoms with E-state index in [2.05, 4.69) is 35.7 Å². The van der Waals surface area contributed by atoms with Crippen molar-refractivity contribution in [2.75, 3.05) is 6.54 Å². The van der Waals surface area contributed by atoms with E-state index in [1.807, 2.05) is 16.9 Å². The van der Waals surface area contributed by atoms with Gasteiger partial charge in [0.15, 0.2) is 0 Å². The SMILES string of the molecule is Cc1ccsc1[C@@H]1C[C@H]1C(=O)NC[C@H](C)Cn1cccn1. The third kappa shape index (κ3) is 3.35. The summed E-state index contributed by atoms with van der Waals surface area (Å²) in [5.41, 5.74) is 1.33. The molecule has 1 aliphatic carbocycles. The first-order chi connectivity index (χ1) is 10.1. The first-order valence-corrected chi connectivity index (χ1v) is 8.32. The van der Waals surface area contributed by atoms with Crippen molar-refractivity contribution in [3.8, 4) is 0 Å². The molecule has 5 heteroatoms. The molecule has 0 unspecified atom stereocenters. The zero-order valence-electron chi connectivity index (χ0n) is 12.5. The minimum Gasteiger partial charge on any atom is -0.356 e. The first kappa shape index (κ1) is 14.3. The molecule has 1 fully saturated rings. The van der Waals surface area contributed by atoms with Gasteiger partial charge in [0.1, 0.15) is 0 Å². The molecular formula is C16H21N3OS. The van der Waals surface area contributed by atoms with Crippen LogP contribution in [-0.2, 0) is 11.3 Å². The van der Waals surface area contributed by atoms with E-state index >= 15 is 0 Å². The molecular weight excluding hydrogens is 282 g/mol. The molecule has 2 heterocycles. The third-order valence-electron chi connectivity index (χ3n) is 4.05. The lowest BCUT2D eigenvalue weighted by atomic mass is 10.1. The Balaban J connectivity index is 1.44. The van der Waals surface area contributed by atoms with Crippen LogP contribution in [0.5, 0.6) is 0 Å². The standard InChI is InChI=1S/C16H21N3OS/c1-11(10-19-6-3-5-18-19)9-17-16(20)14-8-13(14)15-12(2)4-7-21-15/h3-7,11,13-14H,8-10H2,1-2H3,(H,17,20)/t11-,13+,14+/m0/s1. The number of carbonyl (C=O) groups excluding carboxylic acids is 1. The molecule has 0 bridgehead atoms. The largest absolute Gasteiger partial charge is 0.356 e. The van der Waals surface area contributed by atoms with Gasteiger partial charge in [0.25, 0.3) is 0 Å². The molecule has 2 aromatic rings. The predicted molar refractivity (Wildman–Crippen MR) is 84.3 cm³/mol. The van der Waals surface area contributed by atoms with Gasteiger partial charge in [-0.15, -0.1) is 11.3 Å². The van der Waals surface area contributed by atoms with Crippen molar-refractivity contribution in [1.82, 2.24) is 15.1 Å². The number of nitrogens with one attached hydrogen (secondary N) is 1. The van der Waals surface area contributed by atoms with Crippen LogP contribution >= 0.6 is 11.3 Å². The van der Waals surface area contributed by atoms with Crippen molar-refractivity contribution >= 4 is 17.2 Å². The Labute approximate surface area is 129 Å². The molecule has 21 heavy (non-hydrogen) atoms. The normalized spacial score (nSPS) is 22.0. The van der Waals surface area contributed by atoms with E-state index < -0.39 is 0 Å². The summed E-state index contributed by atoms with van der Waals surface area (Å²) in [7, 11) is 0. The maximum Gasteiger partial charge on any atom is 0.223 e. The van der Waals surface area contributed by atoms with E-state index in [1.54, 1.807) is 17.5 Å². The minimum absolute atomic E-state index is 0.180. The molecule has 1 aliphatic rings. The highest BCUT2D eigenvalue weighted by Crippen LogP contribution is 2.50. The van der Waals surface area contributed by atoms with E-state index in [9.17, 15) is 4.79 Å². The van der Waals surface area contributed by atoms with Crippen molar-refractivity contribution in [3.05, 3.63) is 40.3 Å². The molecule has 3 rings (SSSR count). The Morgan fingerprint density at radius 1 is 1.62 bits per heavy atom. The highest BCUT2D eigenvalue weighted by atomic mass is 32.1. The molecule has 0 spiro atoms. The van der Waals surface area contributed by atoms with Crippen molar-refractivity contribution in [2.45, 2.75) is 32.7 Å². The number of aromatic nitrogens is 2. The van der Waals surface area contributed by atoms with Crippen molar-refractivity contribution in [2.24, 2.45) is 11.8 Å². The van der Waals surface area contributed by atoms with Crippen LogP contribution in [0.2, 0.25) is 0 Å². The number of thiophene rings is 1. The summed E-state index contributed by atoms with van der Waals surface area (Å²) in [6.45, 7) is 5.82. The Hall–Kier alpha value is -1.62. The summed E-state index contributed by atoms with van der Waals surface area (Å²) in [6.07, 6.45) is 4.74.